The first-order valence-electron chi connectivity index (χ1n) is 26.1. The van der Waals surface area contributed by atoms with Crippen LogP contribution in [0.4, 0.5) is 17.1 Å². The molecule has 0 fully saturated rings. The van der Waals surface area contributed by atoms with Gasteiger partial charge in [-0.2, -0.15) is 0 Å². The first kappa shape index (κ1) is 45.2. The van der Waals surface area contributed by atoms with Crippen molar-refractivity contribution in [1.82, 2.24) is 4.57 Å². The van der Waals surface area contributed by atoms with Crippen LogP contribution < -0.4 is 4.90 Å². The molecule has 0 N–H and O–H groups in total. The molecule has 2 nitrogen and oxygen atoms in total. The Morgan fingerprint density at radius 1 is 0.324 bits per heavy atom. The van der Waals surface area contributed by atoms with Gasteiger partial charge in [0.25, 0.3) is 0 Å². The minimum Gasteiger partial charge on any atom is -0.309 e. The zero-order valence-electron chi connectivity index (χ0n) is 43.0. The molecule has 0 spiro atoms. The molecule has 13 rings (SSSR count). The maximum atomic E-state index is 2.54. The van der Waals surface area contributed by atoms with E-state index in [-0.39, 0.29) is 10.8 Å². The lowest BCUT2D eigenvalue weighted by molar-refractivity contribution is 0.590. The van der Waals surface area contributed by atoms with Gasteiger partial charge in [-0.25, -0.2) is 0 Å². The molecule has 13 aromatic rings. The zero-order chi connectivity index (χ0) is 50.3. The quantitative estimate of drug-likeness (QED) is 0.138. The lowest BCUT2D eigenvalue weighted by Crippen LogP contribution is -2.13. The highest BCUT2D eigenvalue weighted by molar-refractivity contribution is 6.28. The van der Waals surface area contributed by atoms with E-state index in [4.69, 9.17) is 0 Å². The number of benzene rings is 12. The van der Waals surface area contributed by atoms with Crippen molar-refractivity contribution in [2.24, 2.45) is 0 Å². The van der Waals surface area contributed by atoms with Gasteiger partial charge in [-0.05, 0) is 125 Å². The number of nitrogens with zero attached hydrogens (tertiary/aromatic N) is 2. The summed E-state index contributed by atoms with van der Waals surface area (Å²) in [6.07, 6.45) is 0. The van der Waals surface area contributed by atoms with Crippen LogP contribution in [0.25, 0.3) is 104 Å². The molecule has 0 atom stereocenters. The molecule has 0 amide bonds. The smallest absolute Gasteiger partial charge is 0.0618 e. The molecule has 1 heterocycles. The van der Waals surface area contributed by atoms with Crippen molar-refractivity contribution in [2.75, 3.05) is 4.90 Å². The van der Waals surface area contributed by atoms with Crippen molar-refractivity contribution in [3.8, 4) is 50.2 Å². The maximum absolute atomic E-state index is 2.54. The van der Waals surface area contributed by atoms with Crippen LogP contribution in [0.2, 0.25) is 0 Å². The Hall–Kier alpha value is -8.72. The monoisotopic (exact) mass is 950 g/mol. The summed E-state index contributed by atoms with van der Waals surface area (Å²) >= 11 is 0. The standard InChI is InChI=1S/C72H58N2/c1-71(2,3)53-35-43-66-62(45-53)63-46-54(72(4,5)6)36-44-67(63)74(66)65-42-34-52-31-39-60-64(41-33-51-32-40-61(65)69(52)68(51)60)73(55-37-29-50(30-38-55)57-26-17-16-25-56(57)47-19-10-7-11-20-47)70-58(48-21-12-8-13-22-48)27-18-28-59(70)49-23-14-9-15-24-49/h7-46H,1-6H3. The van der Waals surface area contributed by atoms with Crippen molar-refractivity contribution in [2.45, 2.75) is 52.4 Å². The molecule has 0 unspecified atom stereocenters. The van der Waals surface area contributed by atoms with Crippen molar-refractivity contribution < 1.29 is 0 Å². The Balaban J connectivity index is 1.08. The summed E-state index contributed by atoms with van der Waals surface area (Å²) in [7, 11) is 0. The SMILES string of the molecule is CC(C)(C)c1ccc2c(c1)c1cc(C(C)(C)C)ccc1n2-c1ccc2ccc3c(N(c4ccc(-c5ccccc5-c5ccccc5)cc4)c4c(-c5ccccc5)cccc4-c4ccccc4)ccc4ccc1c2c43. The summed E-state index contributed by atoms with van der Waals surface area (Å²) < 4.78 is 2.53. The second kappa shape index (κ2) is 17.5. The molecule has 0 radical (unpaired) electrons. The van der Waals surface area contributed by atoms with Crippen molar-refractivity contribution in [3.63, 3.8) is 0 Å². The van der Waals surface area contributed by atoms with E-state index in [2.05, 4.69) is 294 Å². The van der Waals surface area contributed by atoms with Gasteiger partial charge in [0.15, 0.2) is 0 Å². The first-order valence-corrected chi connectivity index (χ1v) is 26.1. The lowest BCUT2D eigenvalue weighted by Gasteiger charge is -2.32. The van der Waals surface area contributed by atoms with E-state index in [0.29, 0.717) is 0 Å². The van der Waals surface area contributed by atoms with Crippen LogP contribution >= 0.6 is 0 Å². The summed E-state index contributed by atoms with van der Waals surface area (Å²) in [5.74, 6) is 0. The highest BCUT2D eigenvalue weighted by Gasteiger charge is 2.27. The van der Waals surface area contributed by atoms with Gasteiger partial charge in [0.1, 0.15) is 0 Å². The van der Waals surface area contributed by atoms with E-state index in [1.165, 1.54) is 93.2 Å². The molecular weight excluding hydrogens is 893 g/mol. The van der Waals surface area contributed by atoms with Crippen LogP contribution in [-0.2, 0) is 10.8 Å². The van der Waals surface area contributed by atoms with Gasteiger partial charge in [-0.15, -0.1) is 0 Å². The Morgan fingerprint density at radius 2 is 0.743 bits per heavy atom. The number of para-hydroxylation sites is 1. The van der Waals surface area contributed by atoms with Crippen molar-refractivity contribution >= 4 is 71.2 Å². The summed E-state index contributed by atoms with van der Waals surface area (Å²) in [5.41, 5.74) is 19.1. The average Bonchev–Trinajstić information content (AvgIpc) is 3.77. The molecule has 356 valence electrons. The van der Waals surface area contributed by atoms with Gasteiger partial charge in [-0.3, -0.25) is 0 Å². The van der Waals surface area contributed by atoms with Gasteiger partial charge in [0.2, 0.25) is 0 Å². The Bertz CT molecular complexity index is 4100. The summed E-state index contributed by atoms with van der Waals surface area (Å²) in [6, 6.07) is 90.4. The van der Waals surface area contributed by atoms with E-state index in [9.17, 15) is 0 Å². The van der Waals surface area contributed by atoms with Gasteiger partial charge >= 0.3 is 0 Å². The van der Waals surface area contributed by atoms with Crippen LogP contribution in [0, 0.1) is 0 Å². The fourth-order valence-corrected chi connectivity index (χ4v) is 11.6. The third-order valence-electron chi connectivity index (χ3n) is 15.5. The number of anilines is 3. The van der Waals surface area contributed by atoms with Crippen molar-refractivity contribution in [1.29, 1.82) is 0 Å². The predicted octanol–water partition coefficient (Wildman–Crippen LogP) is 20.4. The number of fused-ring (bicyclic) bond motifs is 3. The Kier molecular flexibility index (Phi) is 10.7. The fraction of sp³-hybridized carbons (Fsp3) is 0.111. The molecule has 12 aromatic carbocycles. The van der Waals surface area contributed by atoms with E-state index in [1.54, 1.807) is 0 Å². The molecule has 0 aliphatic rings. The van der Waals surface area contributed by atoms with Gasteiger partial charge in [0.05, 0.1) is 28.1 Å². The minimum absolute atomic E-state index is 0.0160. The molecule has 0 bridgehead atoms. The highest BCUT2D eigenvalue weighted by atomic mass is 15.1. The van der Waals surface area contributed by atoms with Crippen LogP contribution in [0.15, 0.2) is 243 Å². The van der Waals surface area contributed by atoms with Gasteiger partial charge in [-0.1, -0.05) is 236 Å². The molecule has 0 aliphatic heterocycles. The third kappa shape index (κ3) is 7.55. The molecule has 0 aliphatic carbocycles. The summed E-state index contributed by atoms with van der Waals surface area (Å²) in [5, 5.41) is 10.0. The van der Waals surface area contributed by atoms with Crippen LogP contribution in [-0.4, -0.2) is 4.57 Å². The van der Waals surface area contributed by atoms with E-state index < -0.39 is 0 Å². The largest absolute Gasteiger partial charge is 0.309 e. The summed E-state index contributed by atoms with van der Waals surface area (Å²) in [6.45, 7) is 13.9. The number of aromatic nitrogens is 1. The average molecular weight is 951 g/mol. The Labute approximate surface area is 434 Å². The van der Waals surface area contributed by atoms with E-state index in [0.717, 1.165) is 39.3 Å². The highest BCUT2D eigenvalue weighted by Crippen LogP contribution is 2.51. The number of rotatable bonds is 8. The van der Waals surface area contributed by atoms with Gasteiger partial charge in [0, 0.05) is 38.4 Å². The molecular formula is C72H58N2. The number of hydrogen-bond acceptors (Lipinski definition) is 1. The van der Waals surface area contributed by atoms with Crippen LogP contribution in [0.3, 0.4) is 0 Å². The van der Waals surface area contributed by atoms with Gasteiger partial charge < -0.3 is 9.47 Å². The number of hydrogen-bond donors (Lipinski definition) is 0. The minimum atomic E-state index is 0.0160. The van der Waals surface area contributed by atoms with Crippen LogP contribution in [0.5, 0.6) is 0 Å². The van der Waals surface area contributed by atoms with Crippen molar-refractivity contribution in [3.05, 3.63) is 254 Å². The fourth-order valence-electron chi connectivity index (χ4n) is 11.6. The topological polar surface area (TPSA) is 8.17 Å². The normalized spacial score (nSPS) is 12.2. The molecule has 0 saturated heterocycles. The zero-order valence-corrected chi connectivity index (χ0v) is 43.0. The molecule has 0 saturated carbocycles. The second-order valence-electron chi connectivity index (χ2n) is 22.1. The maximum Gasteiger partial charge on any atom is 0.0618 e. The molecule has 1 aromatic heterocycles. The van der Waals surface area contributed by atoms with Crippen LogP contribution in [0.1, 0.15) is 52.7 Å². The third-order valence-corrected chi connectivity index (χ3v) is 15.5. The molecule has 74 heavy (non-hydrogen) atoms. The first-order chi connectivity index (χ1) is 36.0. The summed E-state index contributed by atoms with van der Waals surface area (Å²) in [4.78, 5) is 2.54. The second-order valence-corrected chi connectivity index (χ2v) is 22.1. The van der Waals surface area contributed by atoms with E-state index >= 15 is 0 Å². The Morgan fingerprint density at radius 3 is 1.26 bits per heavy atom. The lowest BCUT2D eigenvalue weighted by atomic mass is 9.85. The molecule has 2 heteroatoms. The predicted molar refractivity (Wildman–Crippen MR) is 318 cm³/mol. The van der Waals surface area contributed by atoms with E-state index in [1.807, 2.05) is 0 Å².